The maximum absolute atomic E-state index is 5.58. The molecule has 2 heteroatoms. The average Bonchev–Trinajstić information content (AvgIpc) is 2.79. The van der Waals surface area contributed by atoms with Crippen LogP contribution >= 0.6 is 0 Å². The summed E-state index contributed by atoms with van der Waals surface area (Å²) < 4.78 is 5.58. The summed E-state index contributed by atoms with van der Waals surface area (Å²) in [6, 6.07) is 10.6. The Morgan fingerprint density at radius 3 is 2.60 bits per heavy atom. The zero-order chi connectivity index (χ0) is 10.3. The summed E-state index contributed by atoms with van der Waals surface area (Å²) in [6.45, 7) is 1.65. The SMILES string of the molecule is C1=CCC(NCCOc2ccccc2)C1. The first-order chi connectivity index (χ1) is 7.45. The van der Waals surface area contributed by atoms with E-state index in [1.807, 2.05) is 30.3 Å². The standard InChI is InChI=1S/C13H17NO/c1-2-8-13(9-3-1)15-11-10-14-12-6-4-5-7-12/h1-5,8-9,12,14H,6-7,10-11H2. The van der Waals surface area contributed by atoms with Crippen LogP contribution in [0.2, 0.25) is 0 Å². The molecule has 0 aromatic heterocycles. The molecule has 0 aliphatic heterocycles. The molecule has 2 rings (SSSR count). The highest BCUT2D eigenvalue weighted by atomic mass is 16.5. The molecule has 0 unspecified atom stereocenters. The molecule has 1 aliphatic carbocycles. The maximum atomic E-state index is 5.58. The lowest BCUT2D eigenvalue weighted by Crippen LogP contribution is -2.30. The van der Waals surface area contributed by atoms with Crippen molar-refractivity contribution in [3.05, 3.63) is 42.5 Å². The molecular weight excluding hydrogens is 186 g/mol. The molecule has 0 spiro atoms. The van der Waals surface area contributed by atoms with Crippen LogP contribution in [0.1, 0.15) is 12.8 Å². The van der Waals surface area contributed by atoms with Gasteiger partial charge in [-0.2, -0.15) is 0 Å². The average molecular weight is 203 g/mol. The molecule has 0 atom stereocenters. The normalized spacial score (nSPS) is 15.7. The van der Waals surface area contributed by atoms with E-state index in [1.165, 1.54) is 0 Å². The molecule has 0 fully saturated rings. The van der Waals surface area contributed by atoms with E-state index in [1.54, 1.807) is 0 Å². The highest BCUT2D eigenvalue weighted by Gasteiger charge is 2.07. The van der Waals surface area contributed by atoms with Crippen LogP contribution in [-0.4, -0.2) is 19.2 Å². The molecule has 1 aromatic rings. The minimum Gasteiger partial charge on any atom is -0.492 e. The predicted octanol–water partition coefficient (Wildman–Crippen LogP) is 2.37. The van der Waals surface area contributed by atoms with Crippen molar-refractivity contribution in [3.8, 4) is 5.75 Å². The monoisotopic (exact) mass is 203 g/mol. The van der Waals surface area contributed by atoms with Gasteiger partial charge in [-0.1, -0.05) is 30.4 Å². The van der Waals surface area contributed by atoms with Gasteiger partial charge in [-0.3, -0.25) is 0 Å². The second kappa shape index (κ2) is 5.56. The van der Waals surface area contributed by atoms with E-state index in [2.05, 4.69) is 17.5 Å². The van der Waals surface area contributed by atoms with E-state index < -0.39 is 0 Å². The summed E-state index contributed by atoms with van der Waals surface area (Å²) in [5.41, 5.74) is 0. The van der Waals surface area contributed by atoms with E-state index in [-0.39, 0.29) is 0 Å². The van der Waals surface area contributed by atoms with Crippen molar-refractivity contribution in [1.29, 1.82) is 0 Å². The molecule has 0 radical (unpaired) electrons. The second-order valence-corrected chi connectivity index (χ2v) is 3.76. The first kappa shape index (κ1) is 10.2. The highest BCUT2D eigenvalue weighted by Crippen LogP contribution is 2.09. The van der Waals surface area contributed by atoms with Crippen LogP contribution in [0.15, 0.2) is 42.5 Å². The van der Waals surface area contributed by atoms with Gasteiger partial charge in [0.1, 0.15) is 12.4 Å². The van der Waals surface area contributed by atoms with Gasteiger partial charge in [-0.25, -0.2) is 0 Å². The fourth-order valence-electron chi connectivity index (χ4n) is 1.73. The lowest BCUT2D eigenvalue weighted by molar-refractivity contribution is 0.306. The number of hydrogen-bond acceptors (Lipinski definition) is 2. The zero-order valence-electron chi connectivity index (χ0n) is 8.86. The third-order valence-electron chi connectivity index (χ3n) is 2.55. The number of nitrogens with one attached hydrogen (secondary N) is 1. The summed E-state index contributed by atoms with van der Waals surface area (Å²) in [5, 5.41) is 3.46. The quantitative estimate of drug-likeness (QED) is 0.586. The van der Waals surface area contributed by atoms with E-state index in [0.29, 0.717) is 6.04 Å². The first-order valence-electron chi connectivity index (χ1n) is 5.51. The molecule has 15 heavy (non-hydrogen) atoms. The highest BCUT2D eigenvalue weighted by molar-refractivity contribution is 5.20. The summed E-state index contributed by atoms with van der Waals surface area (Å²) in [5.74, 6) is 0.948. The minimum atomic E-state index is 0.629. The van der Waals surface area contributed by atoms with Gasteiger partial charge in [0, 0.05) is 12.6 Å². The zero-order valence-corrected chi connectivity index (χ0v) is 8.86. The van der Waals surface area contributed by atoms with Gasteiger partial charge in [-0.15, -0.1) is 0 Å². The van der Waals surface area contributed by atoms with Crippen molar-refractivity contribution >= 4 is 0 Å². The summed E-state index contributed by atoms with van der Waals surface area (Å²) >= 11 is 0. The minimum absolute atomic E-state index is 0.629. The van der Waals surface area contributed by atoms with Crippen LogP contribution in [0.5, 0.6) is 5.75 Å². The Morgan fingerprint density at radius 2 is 1.87 bits per heavy atom. The Labute approximate surface area is 91.0 Å². The first-order valence-corrected chi connectivity index (χ1v) is 5.51. The smallest absolute Gasteiger partial charge is 0.119 e. The topological polar surface area (TPSA) is 21.3 Å². The van der Waals surface area contributed by atoms with Crippen LogP contribution in [-0.2, 0) is 0 Å². The fraction of sp³-hybridized carbons (Fsp3) is 0.385. The third-order valence-corrected chi connectivity index (χ3v) is 2.55. The van der Waals surface area contributed by atoms with Gasteiger partial charge >= 0.3 is 0 Å². The van der Waals surface area contributed by atoms with Gasteiger partial charge in [0.2, 0.25) is 0 Å². The van der Waals surface area contributed by atoms with E-state index in [4.69, 9.17) is 4.74 Å². The Bertz CT molecular complexity index is 300. The molecule has 0 amide bonds. The molecule has 1 N–H and O–H groups in total. The van der Waals surface area contributed by atoms with Crippen LogP contribution in [0.25, 0.3) is 0 Å². The Kier molecular flexibility index (Phi) is 3.80. The van der Waals surface area contributed by atoms with Crippen molar-refractivity contribution in [1.82, 2.24) is 5.32 Å². The lowest BCUT2D eigenvalue weighted by Gasteiger charge is -2.12. The number of benzene rings is 1. The van der Waals surface area contributed by atoms with Crippen molar-refractivity contribution in [2.45, 2.75) is 18.9 Å². The van der Waals surface area contributed by atoms with Gasteiger partial charge in [0.05, 0.1) is 0 Å². The molecule has 0 saturated carbocycles. The third kappa shape index (κ3) is 3.40. The number of hydrogen-bond donors (Lipinski definition) is 1. The second-order valence-electron chi connectivity index (χ2n) is 3.76. The van der Waals surface area contributed by atoms with E-state index in [9.17, 15) is 0 Å². The molecule has 1 aromatic carbocycles. The van der Waals surface area contributed by atoms with Crippen LogP contribution in [0.4, 0.5) is 0 Å². The number of para-hydroxylation sites is 1. The molecule has 80 valence electrons. The van der Waals surface area contributed by atoms with Crippen molar-refractivity contribution in [3.63, 3.8) is 0 Å². The summed E-state index contributed by atoms with van der Waals surface area (Å²) in [7, 11) is 0. The maximum Gasteiger partial charge on any atom is 0.119 e. The Hall–Kier alpha value is -1.28. The predicted molar refractivity (Wildman–Crippen MR) is 62.1 cm³/mol. The Balaban J connectivity index is 1.59. The van der Waals surface area contributed by atoms with Crippen LogP contribution in [0, 0.1) is 0 Å². The molecule has 1 aliphatic rings. The van der Waals surface area contributed by atoms with E-state index >= 15 is 0 Å². The number of ether oxygens (including phenoxy) is 1. The van der Waals surface area contributed by atoms with Gasteiger partial charge in [-0.05, 0) is 25.0 Å². The van der Waals surface area contributed by atoms with Crippen molar-refractivity contribution in [2.75, 3.05) is 13.2 Å². The van der Waals surface area contributed by atoms with E-state index in [0.717, 1.165) is 31.7 Å². The van der Waals surface area contributed by atoms with Crippen LogP contribution < -0.4 is 10.1 Å². The van der Waals surface area contributed by atoms with Crippen molar-refractivity contribution in [2.24, 2.45) is 0 Å². The number of rotatable bonds is 5. The lowest BCUT2D eigenvalue weighted by atomic mass is 10.2. The molecule has 2 nitrogen and oxygen atoms in total. The van der Waals surface area contributed by atoms with Crippen LogP contribution in [0.3, 0.4) is 0 Å². The van der Waals surface area contributed by atoms with Gasteiger partial charge in [0.15, 0.2) is 0 Å². The van der Waals surface area contributed by atoms with Crippen molar-refractivity contribution < 1.29 is 4.74 Å². The largest absolute Gasteiger partial charge is 0.492 e. The van der Waals surface area contributed by atoms with Gasteiger partial charge < -0.3 is 10.1 Å². The summed E-state index contributed by atoms with van der Waals surface area (Å²) in [4.78, 5) is 0. The molecule has 0 bridgehead atoms. The molecule has 0 saturated heterocycles. The van der Waals surface area contributed by atoms with Gasteiger partial charge in [0.25, 0.3) is 0 Å². The fourth-order valence-corrected chi connectivity index (χ4v) is 1.73. The molecular formula is C13H17NO. The summed E-state index contributed by atoms with van der Waals surface area (Å²) in [6.07, 6.45) is 6.78. The molecule has 0 heterocycles. The Morgan fingerprint density at radius 1 is 1.13 bits per heavy atom.